The van der Waals surface area contributed by atoms with Crippen LogP contribution in [0.2, 0.25) is 0 Å². The molecule has 1 aromatic carbocycles. The van der Waals surface area contributed by atoms with Gasteiger partial charge in [0.25, 0.3) is 5.91 Å². The summed E-state index contributed by atoms with van der Waals surface area (Å²) in [5.41, 5.74) is 2.45. The zero-order chi connectivity index (χ0) is 37.7. The van der Waals surface area contributed by atoms with Gasteiger partial charge in [-0.05, 0) is 83.5 Å². The molecule has 10 atom stereocenters. The smallest absolute Gasteiger partial charge is 0.408 e. The fourth-order valence-corrected chi connectivity index (χ4v) is 8.73. The highest BCUT2D eigenvalue weighted by molar-refractivity contribution is 6.05. The largest absolute Gasteiger partial charge is 0.480 e. The number of allylic oxidation sites excluding steroid dienone is 2. The molecule has 6 rings (SSSR count). The number of benzene rings is 1. The number of nitrogens with one attached hydrogen (secondary N) is 1. The molecule has 1 aromatic rings. The molecule has 2 N–H and O–H groups in total. The van der Waals surface area contributed by atoms with Gasteiger partial charge in [-0.15, -0.1) is 0 Å². The number of carboxylic acids is 1. The number of carbonyl (C=O) groups is 5. The Morgan fingerprint density at radius 3 is 2.08 bits per heavy atom. The van der Waals surface area contributed by atoms with Crippen molar-refractivity contribution < 1.29 is 38.6 Å². The van der Waals surface area contributed by atoms with E-state index < -0.39 is 58.8 Å². The van der Waals surface area contributed by atoms with Crippen molar-refractivity contribution in [3.63, 3.8) is 0 Å². The maximum absolute atomic E-state index is 13.5. The summed E-state index contributed by atoms with van der Waals surface area (Å²) in [5.74, 6) is -1.76. The molecular formula is C40H57N3O8. The minimum atomic E-state index is -1.21. The Kier molecular flexibility index (Phi) is 10.8. The molecule has 4 fully saturated rings. The van der Waals surface area contributed by atoms with Crippen LogP contribution in [0, 0.1) is 40.9 Å². The number of ether oxygens (including phenoxy) is 2. The third kappa shape index (κ3) is 7.74. The second kappa shape index (κ2) is 14.4. The van der Waals surface area contributed by atoms with Gasteiger partial charge in [0, 0.05) is 23.3 Å². The SMILES string of the molecule is CC1=C(C)C[C@H]2C(=O)N3[C@@H](c4ccccc4)OC[C@@H]3[C@H]2C1.CC1C[C@@H]2C(C(=O)O)N(C(=O)[C@@H](NC(=O)OC(C)(C)C)C(C)(C)C)C(=O)[C@@H]2CC1C. The number of rotatable bonds is 4. The maximum atomic E-state index is 13.5. The molecule has 1 saturated carbocycles. The van der Waals surface area contributed by atoms with Crippen molar-refractivity contribution in [2.45, 2.75) is 125 Å². The summed E-state index contributed by atoms with van der Waals surface area (Å²) < 4.78 is 11.3. The molecule has 2 aliphatic carbocycles. The quantitative estimate of drug-likeness (QED) is 0.346. The van der Waals surface area contributed by atoms with Crippen molar-refractivity contribution in [1.82, 2.24) is 15.1 Å². The van der Waals surface area contributed by atoms with E-state index >= 15 is 0 Å². The number of carboxylic acid groups (broad SMARTS) is 1. The van der Waals surface area contributed by atoms with Gasteiger partial charge < -0.3 is 24.8 Å². The number of hydrogen-bond donors (Lipinski definition) is 2. The average Bonchev–Trinajstić information content (AvgIpc) is 3.67. The van der Waals surface area contributed by atoms with Gasteiger partial charge in [0.15, 0.2) is 6.23 Å². The first kappa shape index (κ1) is 38.5. The molecule has 3 unspecified atom stereocenters. The van der Waals surface area contributed by atoms with E-state index in [9.17, 15) is 29.1 Å². The Hall–Kier alpha value is -3.73. The monoisotopic (exact) mass is 707 g/mol. The Labute approximate surface area is 302 Å². The van der Waals surface area contributed by atoms with E-state index in [1.807, 2.05) is 23.1 Å². The normalized spacial score (nSPS) is 32.4. The highest BCUT2D eigenvalue weighted by Gasteiger charge is 2.58. The summed E-state index contributed by atoms with van der Waals surface area (Å²) in [6.07, 6.45) is 2.16. The van der Waals surface area contributed by atoms with E-state index in [1.54, 1.807) is 41.5 Å². The summed E-state index contributed by atoms with van der Waals surface area (Å²) in [7, 11) is 0. The Morgan fingerprint density at radius 2 is 1.49 bits per heavy atom. The number of alkyl carbamates (subject to hydrolysis) is 1. The van der Waals surface area contributed by atoms with Crippen LogP contribution in [0.5, 0.6) is 0 Å². The fraction of sp³-hybridized carbons (Fsp3) is 0.675. The molecule has 0 radical (unpaired) electrons. The van der Waals surface area contributed by atoms with Crippen LogP contribution in [0.3, 0.4) is 0 Å². The maximum Gasteiger partial charge on any atom is 0.408 e. The lowest BCUT2D eigenvalue weighted by molar-refractivity contribution is -0.157. The number of fused-ring (bicyclic) bond motifs is 4. The van der Waals surface area contributed by atoms with Crippen molar-refractivity contribution in [3.05, 3.63) is 47.0 Å². The molecule has 11 heteroatoms. The van der Waals surface area contributed by atoms with Gasteiger partial charge in [-0.3, -0.25) is 19.3 Å². The number of aliphatic carboxylic acids is 1. The highest BCUT2D eigenvalue weighted by Crippen LogP contribution is 2.50. The molecule has 3 heterocycles. The molecular weight excluding hydrogens is 650 g/mol. The van der Waals surface area contributed by atoms with E-state index in [-0.39, 0.29) is 30.0 Å². The molecule has 280 valence electrons. The van der Waals surface area contributed by atoms with Gasteiger partial charge in [0.2, 0.25) is 11.8 Å². The minimum absolute atomic E-state index is 0.175. The van der Waals surface area contributed by atoms with Crippen molar-refractivity contribution in [2.75, 3.05) is 6.61 Å². The van der Waals surface area contributed by atoms with Crippen molar-refractivity contribution in [1.29, 1.82) is 0 Å². The van der Waals surface area contributed by atoms with Crippen molar-refractivity contribution in [3.8, 4) is 0 Å². The average molecular weight is 708 g/mol. The predicted octanol–water partition coefficient (Wildman–Crippen LogP) is 6.34. The summed E-state index contributed by atoms with van der Waals surface area (Å²) in [6.45, 7) is 19.5. The van der Waals surface area contributed by atoms with Crippen molar-refractivity contribution >= 4 is 29.8 Å². The second-order valence-corrected chi connectivity index (χ2v) is 17.6. The van der Waals surface area contributed by atoms with Crippen LogP contribution >= 0.6 is 0 Å². The minimum Gasteiger partial charge on any atom is -0.480 e. The third-order valence-electron chi connectivity index (χ3n) is 11.8. The van der Waals surface area contributed by atoms with Gasteiger partial charge in [-0.25, -0.2) is 9.59 Å². The highest BCUT2D eigenvalue weighted by atomic mass is 16.6. The van der Waals surface area contributed by atoms with E-state index in [4.69, 9.17) is 9.47 Å². The molecule has 0 aromatic heterocycles. The van der Waals surface area contributed by atoms with E-state index in [2.05, 4.69) is 45.1 Å². The standard InChI is InChI=1S/C22H36N2O6.C18H21NO2/c1-11-9-13-14(10-12(11)2)17(25)24(15(13)19(27)28)18(26)16(21(3,4)5)23-20(29)30-22(6,7)8;1-11-8-14-15(9-12(11)2)17(20)19-16(14)10-21-18(19)13-6-4-3-5-7-13/h11-16H,9-10H2,1-8H3,(H,23,29)(H,27,28);3-7,14-16,18H,8-10H2,1-2H3/t11?,12?,13-,14+,15?,16+;14-,15+,16+,18+/m00/s1. The lowest BCUT2D eigenvalue weighted by Crippen LogP contribution is -2.58. The van der Waals surface area contributed by atoms with Gasteiger partial charge in [0.05, 0.1) is 12.6 Å². The first-order valence-electron chi connectivity index (χ1n) is 18.4. The van der Waals surface area contributed by atoms with E-state index in [0.717, 1.165) is 23.3 Å². The molecule has 3 saturated heterocycles. The second-order valence-electron chi connectivity index (χ2n) is 17.6. The van der Waals surface area contributed by atoms with Gasteiger partial charge >= 0.3 is 12.1 Å². The number of nitrogens with zero attached hydrogens (tertiary/aromatic N) is 2. The molecule has 0 bridgehead atoms. The van der Waals surface area contributed by atoms with Crippen LogP contribution in [0.1, 0.15) is 107 Å². The Balaban J connectivity index is 0.000000209. The molecule has 51 heavy (non-hydrogen) atoms. The Bertz CT molecular complexity index is 1560. The van der Waals surface area contributed by atoms with Crippen molar-refractivity contribution in [2.24, 2.45) is 40.9 Å². The number of hydrogen-bond acceptors (Lipinski definition) is 7. The van der Waals surface area contributed by atoms with E-state index in [1.165, 1.54) is 11.1 Å². The van der Waals surface area contributed by atoms with E-state index in [0.29, 0.717) is 31.3 Å². The first-order chi connectivity index (χ1) is 23.7. The fourth-order valence-electron chi connectivity index (χ4n) is 8.73. The first-order valence-corrected chi connectivity index (χ1v) is 18.4. The molecule has 3 aliphatic heterocycles. The number of carbonyl (C=O) groups excluding carboxylic acids is 4. The third-order valence-corrected chi connectivity index (χ3v) is 11.8. The van der Waals surface area contributed by atoms with Crippen LogP contribution < -0.4 is 5.32 Å². The van der Waals surface area contributed by atoms with Crippen LogP contribution in [-0.2, 0) is 28.7 Å². The summed E-state index contributed by atoms with van der Waals surface area (Å²) in [6, 6.07) is 8.07. The lowest BCUT2D eigenvalue weighted by atomic mass is 9.69. The Morgan fingerprint density at radius 1 is 0.882 bits per heavy atom. The topological polar surface area (TPSA) is 143 Å². The summed E-state index contributed by atoms with van der Waals surface area (Å²) in [5, 5.41) is 12.5. The lowest BCUT2D eigenvalue weighted by Gasteiger charge is -2.35. The van der Waals surface area contributed by atoms with Gasteiger partial charge in [0.1, 0.15) is 17.7 Å². The molecule has 0 spiro atoms. The zero-order valence-corrected chi connectivity index (χ0v) is 31.9. The van der Waals surface area contributed by atoms with Crippen LogP contribution in [-0.4, -0.2) is 75.0 Å². The zero-order valence-electron chi connectivity index (χ0n) is 31.9. The van der Waals surface area contributed by atoms with Gasteiger partial charge in [-0.2, -0.15) is 0 Å². The van der Waals surface area contributed by atoms with Crippen LogP contribution in [0.4, 0.5) is 4.79 Å². The molecule has 11 nitrogen and oxygen atoms in total. The summed E-state index contributed by atoms with van der Waals surface area (Å²) in [4.78, 5) is 67.0. The summed E-state index contributed by atoms with van der Waals surface area (Å²) >= 11 is 0. The predicted molar refractivity (Wildman–Crippen MR) is 191 cm³/mol. The number of amides is 4. The van der Waals surface area contributed by atoms with Crippen LogP contribution in [0.15, 0.2) is 41.5 Å². The van der Waals surface area contributed by atoms with Gasteiger partial charge in [-0.1, -0.05) is 76.1 Å². The molecule has 4 amide bonds. The number of likely N-dealkylation sites (tertiary alicyclic amines) is 1. The molecule has 5 aliphatic rings. The number of imide groups is 1. The van der Waals surface area contributed by atoms with Crippen LogP contribution in [0.25, 0.3) is 0 Å².